The highest BCUT2D eigenvalue weighted by atomic mass is 16.8. The SMILES string of the molecule is CCCCC(=O)OB(OC(=O)CCCC)OC(=O)CCCC.N.[HH]. The van der Waals surface area contributed by atoms with Crippen LogP contribution < -0.4 is 6.15 Å². The largest absolute Gasteiger partial charge is 0.870 e. The van der Waals surface area contributed by atoms with Crippen molar-refractivity contribution in [1.82, 2.24) is 6.15 Å². The summed E-state index contributed by atoms with van der Waals surface area (Å²) in [6, 6.07) is 0. The Labute approximate surface area is 140 Å². The van der Waals surface area contributed by atoms with Crippen LogP contribution in [0.25, 0.3) is 0 Å². The van der Waals surface area contributed by atoms with Gasteiger partial charge in [-0.3, -0.25) is 14.4 Å². The smallest absolute Gasteiger partial charge is 0.462 e. The third-order valence-corrected chi connectivity index (χ3v) is 2.89. The second-order valence-corrected chi connectivity index (χ2v) is 5.07. The first-order chi connectivity index (χ1) is 10.5. The number of carbonyl (C=O) groups is 3. The average molecular weight is 333 g/mol. The Bertz CT molecular complexity index is 305. The standard InChI is InChI=1S/C15H27BO6.H3N.H2/c1-4-7-10-13(17)20-16(21-14(18)11-8-5-2)22-15(19)12-9-6-3;;/h4-12H2,1-3H3;1H3;1H. The van der Waals surface area contributed by atoms with E-state index in [9.17, 15) is 14.4 Å². The van der Waals surface area contributed by atoms with Crippen LogP contribution >= 0.6 is 0 Å². The van der Waals surface area contributed by atoms with Gasteiger partial charge in [-0.2, -0.15) is 0 Å². The molecule has 0 atom stereocenters. The number of unbranched alkanes of at least 4 members (excludes halogenated alkanes) is 3. The second kappa shape index (κ2) is 15.3. The molecule has 0 heterocycles. The third kappa shape index (κ3) is 13.8. The molecule has 3 N–H and O–H groups in total. The van der Waals surface area contributed by atoms with Gasteiger partial charge >= 0.3 is 7.32 Å². The van der Waals surface area contributed by atoms with Crippen LogP contribution in [0.1, 0.15) is 80.0 Å². The molecule has 0 bridgehead atoms. The van der Waals surface area contributed by atoms with Crippen molar-refractivity contribution < 1.29 is 29.8 Å². The van der Waals surface area contributed by atoms with E-state index in [1.165, 1.54) is 0 Å². The number of hydrogen-bond donors (Lipinski definition) is 1. The van der Waals surface area contributed by atoms with Crippen molar-refractivity contribution in [2.75, 3.05) is 0 Å². The minimum absolute atomic E-state index is 0. The summed E-state index contributed by atoms with van der Waals surface area (Å²) < 4.78 is 14.8. The van der Waals surface area contributed by atoms with Crippen LogP contribution in [0.4, 0.5) is 0 Å². The first kappa shape index (κ1) is 23.7. The molecule has 0 aromatic rings. The van der Waals surface area contributed by atoms with Crippen LogP contribution in [0.15, 0.2) is 0 Å². The Hall–Kier alpha value is -1.57. The van der Waals surface area contributed by atoms with Gasteiger partial charge in [0.05, 0.1) is 0 Å². The van der Waals surface area contributed by atoms with E-state index < -0.39 is 25.2 Å². The minimum atomic E-state index is -1.57. The second-order valence-electron chi connectivity index (χ2n) is 5.07. The fraction of sp³-hybridized carbons (Fsp3) is 0.800. The molecule has 0 aliphatic carbocycles. The topological polar surface area (TPSA) is 114 Å². The Morgan fingerprint density at radius 2 is 0.957 bits per heavy atom. The summed E-state index contributed by atoms with van der Waals surface area (Å²) in [6.07, 6.45) is 5.12. The van der Waals surface area contributed by atoms with Crippen molar-refractivity contribution in [3.8, 4) is 0 Å². The van der Waals surface area contributed by atoms with E-state index in [-0.39, 0.29) is 26.8 Å². The molecule has 7 nitrogen and oxygen atoms in total. The third-order valence-electron chi connectivity index (χ3n) is 2.89. The fourth-order valence-electron chi connectivity index (χ4n) is 1.53. The van der Waals surface area contributed by atoms with Gasteiger partial charge in [0.15, 0.2) is 0 Å². The Morgan fingerprint density at radius 3 is 1.17 bits per heavy atom. The van der Waals surface area contributed by atoms with Crippen LogP contribution in [0.5, 0.6) is 0 Å². The maximum Gasteiger partial charge on any atom is 0.870 e. The Kier molecular flexibility index (Phi) is 15.8. The molecule has 0 spiro atoms. The zero-order valence-electron chi connectivity index (χ0n) is 14.6. The van der Waals surface area contributed by atoms with Crippen molar-refractivity contribution >= 4 is 25.2 Å². The van der Waals surface area contributed by atoms with E-state index in [2.05, 4.69) is 0 Å². The van der Waals surface area contributed by atoms with Crippen molar-refractivity contribution in [1.29, 1.82) is 0 Å². The van der Waals surface area contributed by atoms with Crippen LogP contribution in [0.3, 0.4) is 0 Å². The zero-order chi connectivity index (χ0) is 16.8. The molecule has 0 saturated heterocycles. The minimum Gasteiger partial charge on any atom is -0.462 e. The molecule has 0 radical (unpaired) electrons. The first-order valence-corrected chi connectivity index (χ1v) is 8.11. The van der Waals surface area contributed by atoms with E-state index in [0.717, 1.165) is 19.3 Å². The van der Waals surface area contributed by atoms with Crippen LogP contribution in [-0.4, -0.2) is 25.2 Å². The number of carbonyl (C=O) groups excluding carboxylic acids is 3. The van der Waals surface area contributed by atoms with Crippen LogP contribution in [-0.2, 0) is 28.3 Å². The molecule has 23 heavy (non-hydrogen) atoms. The van der Waals surface area contributed by atoms with E-state index >= 15 is 0 Å². The molecule has 0 rings (SSSR count). The quantitative estimate of drug-likeness (QED) is 0.543. The molecular weight excluding hydrogens is 301 g/mol. The summed E-state index contributed by atoms with van der Waals surface area (Å²) in [5.74, 6) is -1.63. The predicted molar refractivity (Wildman–Crippen MR) is 89.7 cm³/mol. The lowest BCUT2D eigenvalue weighted by Crippen LogP contribution is -2.34. The number of rotatable bonds is 12. The molecule has 0 saturated carbocycles. The van der Waals surface area contributed by atoms with E-state index in [1.807, 2.05) is 20.8 Å². The van der Waals surface area contributed by atoms with Crippen LogP contribution in [0, 0.1) is 0 Å². The van der Waals surface area contributed by atoms with Gasteiger partial charge in [0.1, 0.15) is 0 Å². The fourth-order valence-corrected chi connectivity index (χ4v) is 1.53. The molecule has 0 aliphatic heterocycles. The van der Waals surface area contributed by atoms with Gasteiger partial charge < -0.3 is 20.1 Å². The highest BCUT2D eigenvalue weighted by Crippen LogP contribution is 2.06. The molecule has 0 aromatic heterocycles. The van der Waals surface area contributed by atoms with Gasteiger partial charge in [-0.05, 0) is 19.3 Å². The van der Waals surface area contributed by atoms with Crippen molar-refractivity contribution in [3.63, 3.8) is 0 Å². The van der Waals surface area contributed by atoms with E-state index in [4.69, 9.17) is 14.0 Å². The Morgan fingerprint density at radius 1 is 0.696 bits per heavy atom. The summed E-state index contributed by atoms with van der Waals surface area (Å²) in [5, 5.41) is 0. The molecule has 8 heteroatoms. The first-order valence-electron chi connectivity index (χ1n) is 8.11. The molecule has 136 valence electrons. The van der Waals surface area contributed by atoms with Gasteiger partial charge in [-0.15, -0.1) is 0 Å². The van der Waals surface area contributed by atoms with Gasteiger partial charge in [0, 0.05) is 20.7 Å². The van der Waals surface area contributed by atoms with E-state index in [1.54, 1.807) is 0 Å². The van der Waals surface area contributed by atoms with Gasteiger partial charge in [-0.25, -0.2) is 0 Å². The maximum atomic E-state index is 11.6. The Balaban J connectivity index is -0.00000220. The monoisotopic (exact) mass is 333 g/mol. The maximum absolute atomic E-state index is 11.6. The highest BCUT2D eigenvalue weighted by Gasteiger charge is 2.35. The lowest BCUT2D eigenvalue weighted by Gasteiger charge is -2.13. The molecule has 0 aromatic carbocycles. The molecule has 0 amide bonds. The summed E-state index contributed by atoms with van der Waals surface area (Å²) in [6.45, 7) is 5.83. The van der Waals surface area contributed by atoms with Gasteiger partial charge in [0.25, 0.3) is 17.9 Å². The zero-order valence-corrected chi connectivity index (χ0v) is 14.6. The summed E-state index contributed by atoms with van der Waals surface area (Å²) >= 11 is 0. The summed E-state index contributed by atoms with van der Waals surface area (Å²) in [5.41, 5.74) is 0. The molecule has 0 aliphatic rings. The average Bonchev–Trinajstić information content (AvgIpc) is 2.48. The molecule has 0 fully saturated rings. The highest BCUT2D eigenvalue weighted by molar-refractivity contribution is 6.44. The van der Waals surface area contributed by atoms with Crippen LogP contribution in [0.2, 0.25) is 0 Å². The number of hydrogen-bond acceptors (Lipinski definition) is 7. The van der Waals surface area contributed by atoms with Crippen molar-refractivity contribution in [3.05, 3.63) is 0 Å². The van der Waals surface area contributed by atoms with E-state index in [0.29, 0.717) is 19.3 Å². The molecule has 0 unspecified atom stereocenters. The normalized spacial score (nSPS) is 9.52. The van der Waals surface area contributed by atoms with Gasteiger partial charge in [-0.1, -0.05) is 40.0 Å². The summed E-state index contributed by atoms with van der Waals surface area (Å²) in [7, 11) is -1.57. The summed E-state index contributed by atoms with van der Waals surface area (Å²) in [4.78, 5) is 34.8. The molecular formula is C15H32BNO6. The van der Waals surface area contributed by atoms with Gasteiger partial charge in [0.2, 0.25) is 0 Å². The lowest BCUT2D eigenvalue weighted by molar-refractivity contribution is -0.148. The van der Waals surface area contributed by atoms with Crippen molar-refractivity contribution in [2.45, 2.75) is 78.6 Å². The lowest BCUT2D eigenvalue weighted by atomic mass is 10.1. The predicted octanol–water partition coefficient (Wildman–Crippen LogP) is 3.58. The van der Waals surface area contributed by atoms with Crippen molar-refractivity contribution in [2.24, 2.45) is 0 Å².